The van der Waals surface area contributed by atoms with Gasteiger partial charge in [-0.3, -0.25) is 9.59 Å². The van der Waals surface area contributed by atoms with Gasteiger partial charge in [0.25, 0.3) is 5.91 Å². The first-order valence-corrected chi connectivity index (χ1v) is 8.96. The second kappa shape index (κ2) is 7.62. The summed E-state index contributed by atoms with van der Waals surface area (Å²) in [6.45, 7) is 2.13. The first-order valence-electron chi connectivity index (χ1n) is 8.02. The highest BCUT2D eigenvalue weighted by Crippen LogP contribution is 2.24. The fourth-order valence-corrected chi connectivity index (χ4v) is 3.19. The lowest BCUT2D eigenvalue weighted by Gasteiger charge is -2.25. The molecule has 25 heavy (non-hydrogen) atoms. The third kappa shape index (κ3) is 4.34. The number of nitrogens with zero attached hydrogens (tertiary/aromatic N) is 3. The number of nitrogens with one attached hydrogen (secondary N) is 2. The second-order valence-corrected chi connectivity index (χ2v) is 6.96. The largest absolute Gasteiger partial charge is 0.359 e. The predicted octanol–water partition coefficient (Wildman–Crippen LogP) is 1.71. The topological polar surface area (TPSA) is 77.6 Å². The number of carbonyl (C=O) groups excluding carboxylic acids is 2. The van der Waals surface area contributed by atoms with Gasteiger partial charge in [-0.25, -0.2) is 4.98 Å². The van der Waals surface area contributed by atoms with Crippen molar-refractivity contribution in [3.05, 3.63) is 40.2 Å². The second-order valence-electron chi connectivity index (χ2n) is 6.18. The summed E-state index contributed by atoms with van der Waals surface area (Å²) in [6.07, 6.45) is 1.56. The summed E-state index contributed by atoms with van der Waals surface area (Å²) in [4.78, 5) is 32.6. The lowest BCUT2D eigenvalue weighted by molar-refractivity contribution is -0.114. The molecule has 1 aliphatic rings. The van der Waals surface area contributed by atoms with Gasteiger partial charge in [0.2, 0.25) is 5.91 Å². The lowest BCUT2D eigenvalue weighted by atomic mass is 10.2. The van der Waals surface area contributed by atoms with Crippen LogP contribution in [0.4, 0.5) is 11.5 Å². The summed E-state index contributed by atoms with van der Waals surface area (Å²) in [7, 11) is 3.96. The van der Waals surface area contributed by atoms with Crippen molar-refractivity contribution in [1.29, 1.82) is 0 Å². The van der Waals surface area contributed by atoms with Gasteiger partial charge in [-0.05, 0) is 42.6 Å². The van der Waals surface area contributed by atoms with Crippen molar-refractivity contribution < 1.29 is 9.59 Å². The van der Waals surface area contributed by atoms with Crippen molar-refractivity contribution in [3.8, 4) is 0 Å². The van der Waals surface area contributed by atoms with Crippen molar-refractivity contribution in [3.63, 3.8) is 0 Å². The molecular weight excluding hydrogens is 338 g/mol. The van der Waals surface area contributed by atoms with E-state index in [0.717, 1.165) is 12.1 Å². The third-order valence-electron chi connectivity index (χ3n) is 3.88. The molecule has 0 radical (unpaired) electrons. The Hall–Kier alpha value is -2.45. The van der Waals surface area contributed by atoms with E-state index in [4.69, 9.17) is 0 Å². The summed E-state index contributed by atoms with van der Waals surface area (Å²) >= 11 is 1.62. The average Bonchev–Trinajstić information content (AvgIpc) is 3.10. The zero-order chi connectivity index (χ0) is 17.8. The lowest BCUT2D eigenvalue weighted by Crippen LogP contribution is -2.36. The molecule has 132 valence electrons. The number of carbonyl (C=O) groups is 2. The fourth-order valence-electron chi connectivity index (χ4n) is 2.53. The van der Waals surface area contributed by atoms with E-state index in [1.807, 2.05) is 40.7 Å². The molecule has 0 aliphatic carbocycles. The third-order valence-corrected chi connectivity index (χ3v) is 4.62. The summed E-state index contributed by atoms with van der Waals surface area (Å²) in [5.74, 6) is 0.360. The highest BCUT2D eigenvalue weighted by Gasteiger charge is 2.21. The Kier molecular flexibility index (Phi) is 5.30. The molecule has 0 unspecified atom stereocenters. The van der Waals surface area contributed by atoms with Gasteiger partial charge in [0.1, 0.15) is 5.82 Å². The first-order chi connectivity index (χ1) is 12.0. The van der Waals surface area contributed by atoms with Crippen LogP contribution in [0.15, 0.2) is 29.1 Å². The van der Waals surface area contributed by atoms with Gasteiger partial charge in [-0.1, -0.05) is 0 Å². The molecule has 8 heteroatoms. The van der Waals surface area contributed by atoms with Crippen molar-refractivity contribution in [1.82, 2.24) is 14.8 Å². The maximum Gasteiger partial charge on any atom is 0.255 e. The van der Waals surface area contributed by atoms with Crippen LogP contribution >= 0.6 is 11.3 Å². The van der Waals surface area contributed by atoms with E-state index in [2.05, 4.69) is 15.6 Å². The van der Waals surface area contributed by atoms with Crippen LogP contribution in [-0.2, 0) is 11.3 Å². The van der Waals surface area contributed by atoms with Crippen LogP contribution in [0.2, 0.25) is 0 Å². The highest BCUT2D eigenvalue weighted by atomic mass is 32.1. The van der Waals surface area contributed by atoms with Crippen LogP contribution in [0.3, 0.4) is 0 Å². The first kappa shape index (κ1) is 17.4. The predicted molar refractivity (Wildman–Crippen MR) is 99.0 cm³/mol. The molecule has 2 N–H and O–H groups in total. The summed E-state index contributed by atoms with van der Waals surface area (Å²) < 4.78 is 0. The van der Waals surface area contributed by atoms with E-state index in [1.165, 1.54) is 0 Å². The molecule has 0 atom stereocenters. The van der Waals surface area contributed by atoms with E-state index in [0.29, 0.717) is 30.2 Å². The molecule has 0 saturated heterocycles. The van der Waals surface area contributed by atoms with E-state index >= 15 is 0 Å². The fraction of sp³-hybridized carbons (Fsp3) is 0.353. The molecule has 1 aliphatic heterocycles. The molecule has 2 aromatic rings. The molecule has 3 heterocycles. The summed E-state index contributed by atoms with van der Waals surface area (Å²) in [6, 6.07) is 3.71. The van der Waals surface area contributed by atoms with Gasteiger partial charge < -0.3 is 20.4 Å². The maximum atomic E-state index is 13.0. The Morgan fingerprint density at radius 2 is 2.20 bits per heavy atom. The maximum absolute atomic E-state index is 13.0. The van der Waals surface area contributed by atoms with Gasteiger partial charge >= 0.3 is 0 Å². The van der Waals surface area contributed by atoms with Crippen molar-refractivity contribution in [2.45, 2.75) is 6.54 Å². The van der Waals surface area contributed by atoms with E-state index < -0.39 is 0 Å². The molecule has 2 amide bonds. The van der Waals surface area contributed by atoms with Gasteiger partial charge in [0.15, 0.2) is 0 Å². The Morgan fingerprint density at radius 1 is 1.36 bits per heavy atom. The number of pyridine rings is 1. The minimum atomic E-state index is -0.137. The number of thiophene rings is 1. The average molecular weight is 359 g/mol. The number of likely N-dealkylation sites (N-methyl/N-ethyl adjacent to an activating group) is 1. The normalized spacial score (nSPS) is 13.2. The molecular formula is C17H21N5O2S. The molecule has 0 spiro atoms. The minimum Gasteiger partial charge on any atom is -0.359 e. The molecule has 0 saturated carbocycles. The van der Waals surface area contributed by atoms with Gasteiger partial charge in [-0.2, -0.15) is 11.3 Å². The van der Waals surface area contributed by atoms with Crippen LogP contribution in [-0.4, -0.2) is 60.3 Å². The number of anilines is 2. The van der Waals surface area contributed by atoms with Crippen LogP contribution in [0.5, 0.6) is 0 Å². The van der Waals surface area contributed by atoms with Crippen molar-refractivity contribution in [2.75, 3.05) is 44.4 Å². The monoisotopic (exact) mass is 359 g/mol. The van der Waals surface area contributed by atoms with E-state index in [1.54, 1.807) is 23.6 Å². The minimum absolute atomic E-state index is 0.0943. The van der Waals surface area contributed by atoms with Crippen molar-refractivity contribution in [2.24, 2.45) is 0 Å². The molecule has 2 aromatic heterocycles. The number of fused-ring (bicyclic) bond motifs is 1. The zero-order valence-corrected chi connectivity index (χ0v) is 15.1. The van der Waals surface area contributed by atoms with Crippen molar-refractivity contribution >= 4 is 34.7 Å². The van der Waals surface area contributed by atoms with Crippen LogP contribution in [0.1, 0.15) is 15.9 Å². The standard InChI is InChI=1S/C17H21N5O2S/c1-21(2)4-5-22(10-12-3-6-25-11-12)17(24)13-7-14-16(18-8-13)19-9-15(23)20-14/h3,6-8,11H,4-5,9-10H2,1-2H3,(H,18,19)(H,20,23). The Bertz CT molecular complexity index is 760. The quantitative estimate of drug-likeness (QED) is 0.821. The molecule has 0 aromatic carbocycles. The number of aromatic nitrogens is 1. The molecule has 7 nitrogen and oxygen atoms in total. The van der Waals surface area contributed by atoms with E-state index in [9.17, 15) is 9.59 Å². The number of amides is 2. The van der Waals surface area contributed by atoms with E-state index in [-0.39, 0.29) is 18.4 Å². The summed E-state index contributed by atoms with van der Waals surface area (Å²) in [5.41, 5.74) is 2.12. The number of hydrogen-bond acceptors (Lipinski definition) is 6. The van der Waals surface area contributed by atoms with Crippen LogP contribution in [0.25, 0.3) is 0 Å². The van der Waals surface area contributed by atoms with Gasteiger partial charge in [0.05, 0.1) is 17.8 Å². The molecule has 0 bridgehead atoms. The van der Waals surface area contributed by atoms with Crippen LogP contribution < -0.4 is 10.6 Å². The smallest absolute Gasteiger partial charge is 0.255 e. The van der Waals surface area contributed by atoms with Crippen LogP contribution in [0, 0.1) is 0 Å². The Morgan fingerprint density at radius 3 is 2.92 bits per heavy atom. The Labute approximate surface area is 150 Å². The van der Waals surface area contributed by atoms with Gasteiger partial charge in [0, 0.05) is 25.8 Å². The molecule has 0 fully saturated rings. The molecule has 3 rings (SSSR count). The SMILES string of the molecule is CN(C)CCN(Cc1ccsc1)C(=O)c1cnc2c(c1)NC(=O)CN2. The highest BCUT2D eigenvalue weighted by molar-refractivity contribution is 7.07. The van der Waals surface area contributed by atoms with Gasteiger partial charge in [-0.15, -0.1) is 0 Å². The number of hydrogen-bond donors (Lipinski definition) is 2. The number of rotatable bonds is 6. The summed E-state index contributed by atoms with van der Waals surface area (Å²) in [5, 5.41) is 9.73. The zero-order valence-electron chi connectivity index (χ0n) is 14.3. The Balaban J connectivity index is 1.81.